The first-order valence-electron chi connectivity index (χ1n) is 11.7. The van der Waals surface area contributed by atoms with Crippen molar-refractivity contribution in [1.29, 1.82) is 0 Å². The molecule has 0 spiro atoms. The van der Waals surface area contributed by atoms with Gasteiger partial charge in [0.25, 0.3) is 0 Å². The summed E-state index contributed by atoms with van der Waals surface area (Å²) >= 11 is 1.63. The van der Waals surface area contributed by atoms with Crippen molar-refractivity contribution >= 4 is 23.7 Å². The molecule has 0 aromatic heterocycles. The predicted octanol–water partition coefficient (Wildman–Crippen LogP) is 6.86. The lowest BCUT2D eigenvalue weighted by Gasteiger charge is -2.05. The maximum Gasteiger partial charge on any atom is 0.305 e. The van der Waals surface area contributed by atoms with Crippen molar-refractivity contribution in [2.75, 3.05) is 24.7 Å². The Morgan fingerprint density at radius 3 is 1.83 bits per heavy atom. The third-order valence-electron chi connectivity index (χ3n) is 4.67. The molecular formula is C24H44O4S. The second kappa shape index (κ2) is 23.3. The number of carbonyl (C=O) groups is 2. The van der Waals surface area contributed by atoms with Gasteiger partial charge in [-0.3, -0.25) is 9.59 Å². The van der Waals surface area contributed by atoms with Gasteiger partial charge in [0.15, 0.2) is 0 Å². The maximum absolute atomic E-state index is 11.6. The van der Waals surface area contributed by atoms with Crippen molar-refractivity contribution in [2.24, 2.45) is 0 Å². The zero-order valence-electron chi connectivity index (χ0n) is 18.9. The van der Waals surface area contributed by atoms with Crippen LogP contribution in [0.25, 0.3) is 0 Å². The van der Waals surface area contributed by atoms with E-state index in [2.05, 4.69) is 19.1 Å². The average molecular weight is 429 g/mol. The number of thioether (sulfide) groups is 1. The first kappa shape index (κ1) is 28.0. The molecule has 0 aromatic rings. The second-order valence-corrected chi connectivity index (χ2v) is 8.73. The van der Waals surface area contributed by atoms with Crippen molar-refractivity contribution < 1.29 is 19.1 Å². The number of rotatable bonds is 21. The Labute approximate surface area is 183 Å². The number of hydrogen-bond acceptors (Lipinski definition) is 5. The normalized spacial score (nSPS) is 11.1. The molecule has 0 aliphatic carbocycles. The van der Waals surface area contributed by atoms with Crippen molar-refractivity contribution in [3.05, 3.63) is 12.2 Å². The van der Waals surface area contributed by atoms with Gasteiger partial charge in [0, 0.05) is 24.9 Å². The topological polar surface area (TPSA) is 52.6 Å². The summed E-state index contributed by atoms with van der Waals surface area (Å²) in [4.78, 5) is 22.2. The second-order valence-electron chi connectivity index (χ2n) is 7.51. The molecule has 0 saturated carbocycles. The Kier molecular flexibility index (Phi) is 22.5. The van der Waals surface area contributed by atoms with Crippen LogP contribution in [0.3, 0.4) is 0 Å². The number of carbonyl (C=O) groups excluding carboxylic acids is 2. The van der Waals surface area contributed by atoms with Crippen LogP contribution in [0.5, 0.6) is 0 Å². The molecule has 0 aliphatic heterocycles. The summed E-state index contributed by atoms with van der Waals surface area (Å²) in [6, 6.07) is 0. The smallest absolute Gasteiger partial charge is 0.305 e. The van der Waals surface area contributed by atoms with E-state index in [0.29, 0.717) is 19.6 Å². The van der Waals surface area contributed by atoms with Gasteiger partial charge in [0.1, 0.15) is 13.2 Å². The average Bonchev–Trinajstić information content (AvgIpc) is 2.70. The van der Waals surface area contributed by atoms with Crippen LogP contribution >= 0.6 is 11.8 Å². The summed E-state index contributed by atoms with van der Waals surface area (Å²) in [7, 11) is 0. The van der Waals surface area contributed by atoms with E-state index in [-0.39, 0.29) is 11.9 Å². The van der Waals surface area contributed by atoms with E-state index in [1.807, 2.05) is 0 Å². The highest BCUT2D eigenvalue weighted by Gasteiger charge is 2.02. The largest absolute Gasteiger partial charge is 0.465 e. The van der Waals surface area contributed by atoms with Crippen LogP contribution < -0.4 is 0 Å². The van der Waals surface area contributed by atoms with Gasteiger partial charge in [-0.05, 0) is 32.1 Å². The minimum atomic E-state index is -0.253. The molecule has 0 aliphatic rings. The number of allylic oxidation sites excluding steroid dienone is 2. The van der Waals surface area contributed by atoms with Gasteiger partial charge in [-0.2, -0.15) is 11.8 Å². The SMILES string of the molecule is CCCCCCCC/C=C\CCCCCCCC(=O)OCCSCCOC(C)=O. The first-order valence-corrected chi connectivity index (χ1v) is 12.8. The van der Waals surface area contributed by atoms with Crippen molar-refractivity contribution in [2.45, 2.75) is 104 Å². The van der Waals surface area contributed by atoms with E-state index in [1.54, 1.807) is 11.8 Å². The Morgan fingerprint density at radius 1 is 0.724 bits per heavy atom. The molecule has 0 aromatic carbocycles. The van der Waals surface area contributed by atoms with Gasteiger partial charge in [-0.1, -0.05) is 70.4 Å². The summed E-state index contributed by atoms with van der Waals surface area (Å²) in [6.45, 7) is 4.52. The van der Waals surface area contributed by atoms with E-state index in [9.17, 15) is 9.59 Å². The highest BCUT2D eigenvalue weighted by Crippen LogP contribution is 2.10. The van der Waals surface area contributed by atoms with E-state index >= 15 is 0 Å². The molecule has 4 nitrogen and oxygen atoms in total. The van der Waals surface area contributed by atoms with Crippen molar-refractivity contribution in [3.8, 4) is 0 Å². The van der Waals surface area contributed by atoms with Crippen LogP contribution in [0.15, 0.2) is 12.2 Å². The Hall–Kier alpha value is -0.970. The number of esters is 2. The van der Waals surface area contributed by atoms with Crippen molar-refractivity contribution in [3.63, 3.8) is 0 Å². The lowest BCUT2D eigenvalue weighted by atomic mass is 10.1. The van der Waals surface area contributed by atoms with Gasteiger partial charge < -0.3 is 9.47 Å². The fourth-order valence-corrected chi connectivity index (χ4v) is 3.58. The van der Waals surface area contributed by atoms with Gasteiger partial charge in [-0.15, -0.1) is 0 Å². The molecular weight excluding hydrogens is 384 g/mol. The molecule has 0 bridgehead atoms. The minimum absolute atomic E-state index is 0.0942. The quantitative estimate of drug-likeness (QED) is 0.113. The third-order valence-corrected chi connectivity index (χ3v) is 5.58. The highest BCUT2D eigenvalue weighted by molar-refractivity contribution is 7.99. The molecule has 0 unspecified atom stereocenters. The molecule has 0 atom stereocenters. The first-order chi connectivity index (χ1) is 14.2. The third kappa shape index (κ3) is 25.0. The Bertz CT molecular complexity index is 410. The lowest BCUT2D eigenvalue weighted by molar-refractivity contribution is -0.143. The van der Waals surface area contributed by atoms with E-state index in [4.69, 9.17) is 9.47 Å². The van der Waals surface area contributed by atoms with Gasteiger partial charge >= 0.3 is 11.9 Å². The molecule has 0 N–H and O–H groups in total. The molecule has 0 amide bonds. The standard InChI is InChI=1S/C24H44O4S/c1-3-4-5-6-7-8-9-10-11-12-13-14-15-16-17-18-24(26)28-20-22-29-21-19-27-23(2)25/h10-11H,3-9,12-22H2,1-2H3/b11-10-. The van der Waals surface area contributed by atoms with Gasteiger partial charge in [-0.25, -0.2) is 0 Å². The highest BCUT2D eigenvalue weighted by atomic mass is 32.2. The fraction of sp³-hybridized carbons (Fsp3) is 0.833. The zero-order valence-corrected chi connectivity index (χ0v) is 19.7. The zero-order chi connectivity index (χ0) is 21.4. The van der Waals surface area contributed by atoms with Crippen LogP contribution in [0.2, 0.25) is 0 Å². The molecule has 5 heteroatoms. The minimum Gasteiger partial charge on any atom is -0.465 e. The molecule has 0 radical (unpaired) electrons. The number of unbranched alkanes of at least 4 members (excludes halogenated alkanes) is 11. The Balaban J connectivity index is 3.22. The van der Waals surface area contributed by atoms with Crippen LogP contribution in [-0.4, -0.2) is 36.7 Å². The number of hydrogen-bond donors (Lipinski definition) is 0. The summed E-state index contributed by atoms with van der Waals surface area (Å²) in [6.07, 6.45) is 21.6. The van der Waals surface area contributed by atoms with Crippen LogP contribution in [0.4, 0.5) is 0 Å². The van der Waals surface area contributed by atoms with Crippen LogP contribution in [0, 0.1) is 0 Å². The molecule has 170 valence electrons. The summed E-state index contributed by atoms with van der Waals surface area (Å²) in [5.41, 5.74) is 0. The van der Waals surface area contributed by atoms with Crippen molar-refractivity contribution in [1.82, 2.24) is 0 Å². The molecule has 0 fully saturated rings. The molecule has 0 rings (SSSR count). The maximum atomic E-state index is 11.6. The fourth-order valence-electron chi connectivity index (χ4n) is 2.97. The number of ether oxygens (including phenoxy) is 2. The Morgan fingerprint density at radius 2 is 1.24 bits per heavy atom. The van der Waals surface area contributed by atoms with Crippen LogP contribution in [0.1, 0.15) is 104 Å². The monoisotopic (exact) mass is 428 g/mol. The summed E-state index contributed by atoms with van der Waals surface area (Å²) < 4.78 is 10.0. The van der Waals surface area contributed by atoms with Gasteiger partial charge in [0.05, 0.1) is 0 Å². The van der Waals surface area contributed by atoms with E-state index < -0.39 is 0 Å². The molecule has 29 heavy (non-hydrogen) atoms. The lowest BCUT2D eigenvalue weighted by Crippen LogP contribution is -2.08. The van der Waals surface area contributed by atoms with E-state index in [0.717, 1.165) is 24.3 Å². The molecule has 0 saturated heterocycles. The van der Waals surface area contributed by atoms with Crippen LogP contribution in [-0.2, 0) is 19.1 Å². The predicted molar refractivity (Wildman–Crippen MR) is 124 cm³/mol. The van der Waals surface area contributed by atoms with Gasteiger partial charge in [0.2, 0.25) is 0 Å². The molecule has 0 heterocycles. The summed E-state index contributed by atoms with van der Waals surface area (Å²) in [5, 5.41) is 0. The summed E-state index contributed by atoms with van der Waals surface area (Å²) in [5.74, 6) is 1.14. The van der Waals surface area contributed by atoms with E-state index in [1.165, 1.54) is 77.6 Å².